The molecule has 19 heavy (non-hydrogen) atoms. The van der Waals surface area contributed by atoms with E-state index in [-0.39, 0.29) is 6.04 Å². The van der Waals surface area contributed by atoms with E-state index in [1.807, 2.05) is 13.0 Å². The lowest BCUT2D eigenvalue weighted by Gasteiger charge is -2.19. The number of nitrogens with two attached hydrogens (primary N) is 1. The highest BCUT2D eigenvalue weighted by Crippen LogP contribution is 2.24. The van der Waals surface area contributed by atoms with Crippen LogP contribution in [-0.4, -0.2) is 32.8 Å². The predicted molar refractivity (Wildman–Crippen MR) is 76.5 cm³/mol. The van der Waals surface area contributed by atoms with Crippen LogP contribution in [0.25, 0.3) is 0 Å². The number of benzene rings is 1. The average molecular weight is 266 g/mol. The van der Waals surface area contributed by atoms with Crippen LogP contribution < -0.4 is 11.1 Å². The monoisotopic (exact) mass is 266 g/mol. The zero-order valence-corrected chi connectivity index (χ0v) is 11.9. The number of nitrogen functional groups attached to an aromatic ring is 1. The molecule has 1 unspecified atom stereocenters. The predicted octanol–water partition coefficient (Wildman–Crippen LogP) is 2.20. The van der Waals surface area contributed by atoms with Gasteiger partial charge in [0.1, 0.15) is 0 Å². The lowest BCUT2D eigenvalue weighted by atomic mass is 10.1. The Bertz CT molecular complexity index is 447. The van der Waals surface area contributed by atoms with Crippen LogP contribution in [0, 0.1) is 6.92 Å². The maximum Gasteiger partial charge on any atom is 0.340 e. The molecule has 5 nitrogen and oxygen atoms in total. The molecule has 0 spiro atoms. The second-order valence-electron chi connectivity index (χ2n) is 4.45. The molecule has 5 heteroatoms. The molecule has 0 heterocycles. The second-order valence-corrected chi connectivity index (χ2v) is 4.45. The Balaban J connectivity index is 3.02. The molecule has 0 aliphatic heterocycles. The van der Waals surface area contributed by atoms with Crippen molar-refractivity contribution in [1.29, 1.82) is 0 Å². The highest BCUT2D eigenvalue weighted by Gasteiger charge is 2.14. The van der Waals surface area contributed by atoms with Gasteiger partial charge in [-0.2, -0.15) is 0 Å². The summed E-state index contributed by atoms with van der Waals surface area (Å²) in [5.74, 6) is -0.427. The summed E-state index contributed by atoms with van der Waals surface area (Å²) in [5, 5.41) is 3.33. The molecule has 1 aromatic carbocycles. The largest absolute Gasteiger partial charge is 0.465 e. The average Bonchev–Trinajstić information content (AvgIpc) is 2.41. The third-order valence-electron chi connectivity index (χ3n) is 3.02. The number of esters is 1. The highest BCUT2D eigenvalue weighted by atomic mass is 16.5. The summed E-state index contributed by atoms with van der Waals surface area (Å²) < 4.78 is 9.88. The van der Waals surface area contributed by atoms with Crippen molar-refractivity contribution in [2.24, 2.45) is 0 Å². The van der Waals surface area contributed by atoms with Crippen molar-refractivity contribution < 1.29 is 14.3 Å². The maximum absolute atomic E-state index is 11.7. The van der Waals surface area contributed by atoms with Gasteiger partial charge in [-0.1, -0.05) is 6.92 Å². The van der Waals surface area contributed by atoms with Gasteiger partial charge in [-0.05, 0) is 31.0 Å². The van der Waals surface area contributed by atoms with Crippen LogP contribution in [0.2, 0.25) is 0 Å². The zero-order chi connectivity index (χ0) is 14.4. The van der Waals surface area contributed by atoms with Gasteiger partial charge in [-0.25, -0.2) is 4.79 Å². The molecule has 0 aliphatic carbocycles. The van der Waals surface area contributed by atoms with Crippen LogP contribution in [0.1, 0.15) is 29.3 Å². The van der Waals surface area contributed by atoms with E-state index >= 15 is 0 Å². The minimum absolute atomic E-state index is 0.193. The molecule has 1 aromatic rings. The third-order valence-corrected chi connectivity index (χ3v) is 3.02. The Morgan fingerprint density at radius 1 is 1.42 bits per heavy atom. The molecule has 0 radical (unpaired) electrons. The van der Waals surface area contributed by atoms with Gasteiger partial charge >= 0.3 is 5.97 Å². The number of anilines is 2. The van der Waals surface area contributed by atoms with E-state index in [2.05, 4.69) is 12.2 Å². The van der Waals surface area contributed by atoms with E-state index in [0.29, 0.717) is 17.9 Å². The van der Waals surface area contributed by atoms with Crippen LogP contribution in [0.4, 0.5) is 11.4 Å². The van der Waals surface area contributed by atoms with Gasteiger partial charge in [0.05, 0.1) is 19.3 Å². The van der Waals surface area contributed by atoms with Gasteiger partial charge < -0.3 is 20.5 Å². The Morgan fingerprint density at radius 3 is 2.63 bits per heavy atom. The van der Waals surface area contributed by atoms with Gasteiger partial charge in [-0.3, -0.25) is 0 Å². The van der Waals surface area contributed by atoms with E-state index in [1.165, 1.54) is 7.11 Å². The topological polar surface area (TPSA) is 73.6 Å². The van der Waals surface area contributed by atoms with Gasteiger partial charge in [0.2, 0.25) is 0 Å². The molecule has 0 amide bonds. The SMILES string of the molecule is CCC(COC)Nc1cc(C)c(N)c(C(=O)OC)c1. The van der Waals surface area contributed by atoms with Gasteiger partial charge in [-0.15, -0.1) is 0 Å². The van der Waals surface area contributed by atoms with E-state index < -0.39 is 5.97 Å². The molecule has 0 bridgehead atoms. The van der Waals surface area contributed by atoms with Crippen molar-refractivity contribution in [3.63, 3.8) is 0 Å². The number of carbonyl (C=O) groups is 1. The van der Waals surface area contributed by atoms with Gasteiger partial charge in [0.15, 0.2) is 0 Å². The summed E-state index contributed by atoms with van der Waals surface area (Å²) in [5.41, 5.74) is 8.43. The molecule has 106 valence electrons. The normalized spacial score (nSPS) is 12.0. The molecule has 1 atom stereocenters. The maximum atomic E-state index is 11.7. The number of aryl methyl sites for hydroxylation is 1. The van der Waals surface area contributed by atoms with Crippen LogP contribution in [0.15, 0.2) is 12.1 Å². The minimum Gasteiger partial charge on any atom is -0.465 e. The van der Waals surface area contributed by atoms with Crippen LogP contribution in [-0.2, 0) is 9.47 Å². The van der Waals surface area contributed by atoms with Crippen molar-refractivity contribution in [2.75, 3.05) is 31.9 Å². The third kappa shape index (κ3) is 3.86. The lowest BCUT2D eigenvalue weighted by Crippen LogP contribution is -2.24. The molecule has 0 aliphatic rings. The van der Waals surface area contributed by atoms with E-state index in [4.69, 9.17) is 15.2 Å². The summed E-state index contributed by atoms with van der Waals surface area (Å²) in [4.78, 5) is 11.7. The summed E-state index contributed by atoms with van der Waals surface area (Å²) >= 11 is 0. The summed E-state index contributed by atoms with van der Waals surface area (Å²) in [6.07, 6.45) is 0.921. The number of carbonyl (C=O) groups excluding carboxylic acids is 1. The van der Waals surface area contributed by atoms with Crippen molar-refractivity contribution in [2.45, 2.75) is 26.3 Å². The Morgan fingerprint density at radius 2 is 2.11 bits per heavy atom. The molecule has 0 fully saturated rings. The van der Waals surface area contributed by atoms with Crippen molar-refractivity contribution >= 4 is 17.3 Å². The number of hydrogen-bond acceptors (Lipinski definition) is 5. The quantitative estimate of drug-likeness (QED) is 0.610. The Labute approximate surface area is 114 Å². The Kier molecular flexibility index (Phi) is 5.63. The van der Waals surface area contributed by atoms with Gasteiger partial charge in [0.25, 0.3) is 0 Å². The Hall–Kier alpha value is -1.75. The van der Waals surface area contributed by atoms with E-state index in [0.717, 1.165) is 17.7 Å². The highest BCUT2D eigenvalue weighted by molar-refractivity contribution is 5.97. The first-order valence-corrected chi connectivity index (χ1v) is 6.27. The van der Waals surface area contributed by atoms with Crippen molar-refractivity contribution in [1.82, 2.24) is 0 Å². The first-order chi connectivity index (χ1) is 9.03. The molecular weight excluding hydrogens is 244 g/mol. The van der Waals surface area contributed by atoms with Crippen LogP contribution >= 0.6 is 0 Å². The fourth-order valence-corrected chi connectivity index (χ4v) is 1.86. The minimum atomic E-state index is -0.427. The lowest BCUT2D eigenvalue weighted by molar-refractivity contribution is 0.0602. The first-order valence-electron chi connectivity index (χ1n) is 6.27. The zero-order valence-electron chi connectivity index (χ0n) is 11.9. The van der Waals surface area contributed by atoms with E-state index in [1.54, 1.807) is 13.2 Å². The van der Waals surface area contributed by atoms with Crippen molar-refractivity contribution in [3.8, 4) is 0 Å². The summed E-state index contributed by atoms with van der Waals surface area (Å²) in [6, 6.07) is 3.82. The van der Waals surface area contributed by atoms with Crippen LogP contribution in [0.3, 0.4) is 0 Å². The molecule has 0 saturated heterocycles. The number of methoxy groups -OCH3 is 2. The fraction of sp³-hybridized carbons (Fsp3) is 0.500. The number of rotatable bonds is 6. The number of ether oxygens (including phenoxy) is 2. The van der Waals surface area contributed by atoms with Crippen molar-refractivity contribution in [3.05, 3.63) is 23.3 Å². The summed E-state index contributed by atoms with van der Waals surface area (Å²) in [6.45, 7) is 4.54. The molecule has 0 saturated carbocycles. The molecular formula is C14H22N2O3. The standard InChI is InChI=1S/C14H22N2O3/c1-5-10(8-18-3)16-11-6-9(2)13(15)12(7-11)14(17)19-4/h6-7,10,16H,5,8,15H2,1-4H3. The molecule has 1 rings (SSSR count). The molecule has 3 N–H and O–H groups in total. The number of nitrogens with one attached hydrogen (secondary N) is 1. The van der Waals surface area contributed by atoms with Gasteiger partial charge in [0, 0.05) is 24.5 Å². The fourth-order valence-electron chi connectivity index (χ4n) is 1.86. The smallest absolute Gasteiger partial charge is 0.340 e. The van der Waals surface area contributed by atoms with Crippen LogP contribution in [0.5, 0.6) is 0 Å². The molecule has 0 aromatic heterocycles. The van der Waals surface area contributed by atoms with E-state index in [9.17, 15) is 4.79 Å². The first kappa shape index (κ1) is 15.3. The number of hydrogen-bond donors (Lipinski definition) is 2. The second kappa shape index (κ2) is 6.99. The summed E-state index contributed by atoms with van der Waals surface area (Å²) in [7, 11) is 3.01.